The van der Waals surface area contributed by atoms with Crippen LogP contribution in [0.25, 0.3) is 0 Å². The van der Waals surface area contributed by atoms with Crippen molar-refractivity contribution < 1.29 is 29.7 Å². The van der Waals surface area contributed by atoms with Crippen LogP contribution in [0.5, 0.6) is 5.75 Å². The van der Waals surface area contributed by atoms with Gasteiger partial charge in [0.2, 0.25) is 12.4 Å². The molecule has 5 rings (SSSR count). The molecule has 1 aliphatic rings. The lowest BCUT2D eigenvalue weighted by Gasteiger charge is -2.39. The lowest BCUT2D eigenvalue weighted by Crippen LogP contribution is -2.47. The highest BCUT2D eigenvalue weighted by molar-refractivity contribution is 5.96. The van der Waals surface area contributed by atoms with Crippen molar-refractivity contribution >= 4 is 5.91 Å². The van der Waals surface area contributed by atoms with E-state index in [1.54, 1.807) is 23.4 Å². The third kappa shape index (κ3) is 8.52. The van der Waals surface area contributed by atoms with E-state index in [2.05, 4.69) is 31.2 Å². The molecule has 4 aromatic rings. The Balaban J connectivity index is 1.30. The van der Waals surface area contributed by atoms with E-state index in [9.17, 15) is 20.2 Å². The van der Waals surface area contributed by atoms with Crippen LogP contribution in [-0.4, -0.2) is 45.5 Å². The van der Waals surface area contributed by atoms with Gasteiger partial charge in [-0.2, -0.15) is 0 Å². The Morgan fingerprint density at radius 2 is 1.73 bits per heavy atom. The average molecular weight is 666 g/mol. The Hall–Kier alpha value is -4.20. The van der Waals surface area contributed by atoms with Gasteiger partial charge in [0, 0.05) is 22.9 Å². The number of benzene rings is 3. The Labute approximate surface area is 291 Å². The third-order valence-electron chi connectivity index (χ3n) is 10.6. The second kappa shape index (κ2) is 16.0. The normalized spacial score (nSPS) is 14.8. The average Bonchev–Trinajstić information content (AvgIpc) is 3.60. The van der Waals surface area contributed by atoms with Crippen LogP contribution in [0.3, 0.4) is 0 Å². The molecule has 7 heteroatoms. The first-order valence-corrected chi connectivity index (χ1v) is 17.8. The first kappa shape index (κ1) is 36.1. The molecule has 1 unspecified atom stereocenters. The molecule has 1 amide bonds. The zero-order valence-electron chi connectivity index (χ0n) is 29.6. The van der Waals surface area contributed by atoms with Crippen molar-refractivity contribution in [2.45, 2.75) is 103 Å². The summed E-state index contributed by atoms with van der Waals surface area (Å²) in [6, 6.07) is 25.9. The van der Waals surface area contributed by atoms with E-state index >= 15 is 0 Å². The zero-order valence-corrected chi connectivity index (χ0v) is 29.6. The predicted octanol–water partition coefficient (Wildman–Crippen LogP) is 7.23. The zero-order chi connectivity index (χ0) is 35.0. The van der Waals surface area contributed by atoms with Crippen LogP contribution in [0.2, 0.25) is 0 Å². The SMILES string of the molecule is CCC1(c2ccccc2CCC(O)Cc2ccc(C)cc2C(=O)N(CCO)C(C)(C)c2ccc(OCc3ccc[n+](O)c3)cc2)CCCC1. The highest BCUT2D eigenvalue weighted by Crippen LogP contribution is 2.45. The summed E-state index contributed by atoms with van der Waals surface area (Å²) in [5.74, 6) is 0.488. The number of pyridine rings is 1. The quantitative estimate of drug-likeness (QED) is 0.0921. The molecule has 0 aliphatic heterocycles. The molecular weight excluding hydrogens is 612 g/mol. The molecule has 3 N–H and O–H groups in total. The lowest BCUT2D eigenvalue weighted by atomic mass is 9.74. The van der Waals surface area contributed by atoms with Crippen LogP contribution in [0.4, 0.5) is 0 Å². The van der Waals surface area contributed by atoms with Crippen LogP contribution in [-0.2, 0) is 30.4 Å². The van der Waals surface area contributed by atoms with Crippen molar-refractivity contribution in [1.29, 1.82) is 0 Å². The van der Waals surface area contributed by atoms with Gasteiger partial charge in [-0.25, -0.2) is 0 Å². The maximum absolute atomic E-state index is 14.4. The first-order valence-electron chi connectivity index (χ1n) is 17.8. The summed E-state index contributed by atoms with van der Waals surface area (Å²) in [6.07, 6.45) is 10.5. The van der Waals surface area contributed by atoms with Gasteiger partial charge in [0.05, 0.1) is 23.8 Å². The molecule has 1 aliphatic carbocycles. The van der Waals surface area contributed by atoms with Crippen LogP contribution in [0.15, 0.2) is 91.3 Å². The molecule has 49 heavy (non-hydrogen) atoms. The number of aliphatic hydroxyl groups excluding tert-OH is 2. The minimum atomic E-state index is -0.751. The standard InChI is InChI=1S/C42H53N2O5/c1-5-42(22-8-9-23-42)39-13-7-6-12-33(39)16-19-36(46)28-34-15-14-31(2)27-38(34)40(47)44(25-26-45)41(3,4)35-17-20-37(21-18-35)49-30-32-11-10-24-43(48)29-32/h6-7,10-15,17-18,20-21,24,27,29,36,45-46,48H,5,8-9,16,19,22-23,25-26,28,30H2,1-4H3/q+1. The van der Waals surface area contributed by atoms with Gasteiger partial charge in [-0.15, -0.1) is 0 Å². The summed E-state index contributed by atoms with van der Waals surface area (Å²) >= 11 is 0. The molecule has 0 bridgehead atoms. The van der Waals surface area contributed by atoms with Crippen molar-refractivity contribution in [3.63, 3.8) is 0 Å². The van der Waals surface area contributed by atoms with Crippen molar-refractivity contribution in [2.75, 3.05) is 13.2 Å². The van der Waals surface area contributed by atoms with E-state index in [4.69, 9.17) is 4.74 Å². The molecule has 0 radical (unpaired) electrons. The van der Waals surface area contributed by atoms with Gasteiger partial charge in [-0.05, 0) is 111 Å². The summed E-state index contributed by atoms with van der Waals surface area (Å²) < 4.78 is 6.92. The monoisotopic (exact) mass is 665 g/mol. The second-order valence-corrected chi connectivity index (χ2v) is 14.2. The Bertz CT molecular complexity index is 1690. The van der Waals surface area contributed by atoms with E-state index in [1.807, 2.05) is 69.3 Å². The Morgan fingerprint density at radius 3 is 2.43 bits per heavy atom. The smallest absolute Gasteiger partial charge is 0.254 e. The van der Waals surface area contributed by atoms with Gasteiger partial charge in [-0.3, -0.25) is 10.0 Å². The minimum Gasteiger partial charge on any atom is -0.489 e. The second-order valence-electron chi connectivity index (χ2n) is 14.2. The molecule has 1 heterocycles. The van der Waals surface area contributed by atoms with E-state index in [0.717, 1.165) is 39.8 Å². The van der Waals surface area contributed by atoms with Gasteiger partial charge in [0.25, 0.3) is 5.91 Å². The van der Waals surface area contributed by atoms with Crippen molar-refractivity contribution in [1.82, 2.24) is 4.90 Å². The predicted molar refractivity (Wildman–Crippen MR) is 192 cm³/mol. The number of carbonyl (C=O) groups excluding carboxylic acids is 1. The summed E-state index contributed by atoms with van der Waals surface area (Å²) in [5.41, 5.74) is 6.33. The maximum Gasteiger partial charge on any atom is 0.254 e. The third-order valence-corrected chi connectivity index (χ3v) is 10.6. The number of hydrogen-bond donors (Lipinski definition) is 3. The lowest BCUT2D eigenvalue weighted by molar-refractivity contribution is -0.905. The van der Waals surface area contributed by atoms with Crippen LogP contribution in [0, 0.1) is 6.92 Å². The minimum absolute atomic E-state index is 0.158. The van der Waals surface area contributed by atoms with Crippen LogP contribution >= 0.6 is 0 Å². The fourth-order valence-electron chi connectivity index (χ4n) is 7.62. The number of carbonyl (C=O) groups is 1. The summed E-state index contributed by atoms with van der Waals surface area (Å²) in [6.45, 7) is 8.51. The molecule has 1 aromatic heterocycles. The molecule has 3 aromatic carbocycles. The number of ether oxygens (including phenoxy) is 1. The van der Waals surface area contributed by atoms with Gasteiger partial charge in [-0.1, -0.05) is 73.9 Å². The van der Waals surface area contributed by atoms with Crippen LogP contribution < -0.4 is 9.47 Å². The molecular formula is C42H53N2O5+. The number of aliphatic hydroxyl groups is 2. The number of amides is 1. The van der Waals surface area contributed by atoms with Gasteiger partial charge < -0.3 is 19.8 Å². The molecule has 260 valence electrons. The molecule has 1 atom stereocenters. The van der Waals surface area contributed by atoms with E-state index < -0.39 is 11.6 Å². The van der Waals surface area contributed by atoms with Crippen LogP contribution in [0.1, 0.15) is 103 Å². The van der Waals surface area contributed by atoms with Gasteiger partial charge >= 0.3 is 0 Å². The molecule has 1 saturated carbocycles. The van der Waals surface area contributed by atoms with Gasteiger partial charge in [0.15, 0.2) is 0 Å². The largest absolute Gasteiger partial charge is 0.489 e. The highest BCUT2D eigenvalue weighted by Gasteiger charge is 2.36. The van der Waals surface area contributed by atoms with Crippen molar-refractivity contribution in [2.24, 2.45) is 0 Å². The van der Waals surface area contributed by atoms with E-state index in [-0.39, 0.29) is 24.5 Å². The molecule has 0 saturated heterocycles. The molecule has 7 nitrogen and oxygen atoms in total. The van der Waals surface area contributed by atoms with E-state index in [1.165, 1.54) is 36.8 Å². The summed E-state index contributed by atoms with van der Waals surface area (Å²) in [4.78, 5) is 16.1. The Morgan fingerprint density at radius 1 is 1.00 bits per heavy atom. The van der Waals surface area contributed by atoms with Crippen molar-refractivity contribution in [3.05, 3.63) is 130 Å². The van der Waals surface area contributed by atoms with Gasteiger partial charge in [0.1, 0.15) is 12.4 Å². The number of aryl methyl sites for hydroxylation is 2. The fraction of sp³-hybridized carbons (Fsp3) is 0.429. The summed E-state index contributed by atoms with van der Waals surface area (Å²) in [7, 11) is 0. The molecule has 0 spiro atoms. The highest BCUT2D eigenvalue weighted by atomic mass is 16.5. The topological polar surface area (TPSA) is 94.1 Å². The molecule has 1 fully saturated rings. The fourth-order valence-corrected chi connectivity index (χ4v) is 7.62. The number of rotatable bonds is 15. The number of hydrogen-bond acceptors (Lipinski definition) is 5. The summed E-state index contributed by atoms with van der Waals surface area (Å²) in [5, 5.41) is 31.1. The number of nitrogens with zero attached hydrogens (tertiary/aromatic N) is 2. The van der Waals surface area contributed by atoms with E-state index in [0.29, 0.717) is 30.8 Å². The Kier molecular flexibility index (Phi) is 11.8. The number of aromatic nitrogens is 1. The van der Waals surface area contributed by atoms with Crippen molar-refractivity contribution in [3.8, 4) is 5.75 Å². The first-order chi connectivity index (χ1) is 23.6. The maximum atomic E-state index is 14.4.